The van der Waals surface area contributed by atoms with Gasteiger partial charge in [-0.05, 0) is 31.8 Å². The van der Waals surface area contributed by atoms with E-state index in [0.29, 0.717) is 12.1 Å². The number of halogens is 2. The lowest BCUT2D eigenvalue weighted by Crippen LogP contribution is -2.26. The summed E-state index contributed by atoms with van der Waals surface area (Å²) in [6.45, 7) is 0.602. The van der Waals surface area contributed by atoms with Crippen molar-refractivity contribution in [1.82, 2.24) is 4.90 Å². The Hall–Kier alpha value is -1.00. The Kier molecular flexibility index (Phi) is 3.55. The molecule has 0 aliphatic heterocycles. The first kappa shape index (κ1) is 11.1. The van der Waals surface area contributed by atoms with E-state index in [9.17, 15) is 8.78 Å². The molecule has 14 heavy (non-hydrogen) atoms. The van der Waals surface area contributed by atoms with Crippen LogP contribution in [-0.2, 0) is 0 Å². The van der Waals surface area contributed by atoms with Crippen molar-refractivity contribution >= 4 is 0 Å². The molecule has 0 aromatic heterocycles. The molecule has 0 aliphatic carbocycles. The Bertz CT molecular complexity index is 313. The smallest absolute Gasteiger partial charge is 0.159 e. The molecule has 0 bridgehead atoms. The fourth-order valence-corrected chi connectivity index (χ4v) is 1.24. The average molecular weight is 200 g/mol. The summed E-state index contributed by atoms with van der Waals surface area (Å²) in [5, 5.41) is 0. The standard InChI is InChI=1S/C10H14F2N2/c1-14(2)6-10(13)7-3-4-8(11)9(12)5-7/h3-5,10H,6,13H2,1-2H3. The van der Waals surface area contributed by atoms with Crippen LogP contribution in [0, 0.1) is 11.6 Å². The fraction of sp³-hybridized carbons (Fsp3) is 0.400. The maximum atomic E-state index is 12.8. The molecule has 1 unspecified atom stereocenters. The van der Waals surface area contributed by atoms with Crippen LogP contribution in [0.15, 0.2) is 18.2 Å². The van der Waals surface area contributed by atoms with Crippen LogP contribution in [0.25, 0.3) is 0 Å². The van der Waals surface area contributed by atoms with Gasteiger partial charge in [0.1, 0.15) is 0 Å². The molecule has 0 heterocycles. The third kappa shape index (κ3) is 2.75. The van der Waals surface area contributed by atoms with E-state index >= 15 is 0 Å². The van der Waals surface area contributed by atoms with Gasteiger partial charge >= 0.3 is 0 Å². The topological polar surface area (TPSA) is 29.3 Å². The monoisotopic (exact) mass is 200 g/mol. The molecule has 0 aliphatic rings. The van der Waals surface area contributed by atoms with Crippen LogP contribution >= 0.6 is 0 Å². The summed E-state index contributed by atoms with van der Waals surface area (Å²) in [7, 11) is 3.75. The zero-order valence-electron chi connectivity index (χ0n) is 8.30. The van der Waals surface area contributed by atoms with Crippen LogP contribution in [0.5, 0.6) is 0 Å². The predicted molar refractivity (Wildman–Crippen MR) is 51.8 cm³/mol. The molecular weight excluding hydrogens is 186 g/mol. The molecule has 0 radical (unpaired) electrons. The highest BCUT2D eigenvalue weighted by molar-refractivity contribution is 5.21. The van der Waals surface area contributed by atoms with E-state index in [-0.39, 0.29) is 6.04 Å². The average Bonchev–Trinajstić information content (AvgIpc) is 2.08. The highest BCUT2D eigenvalue weighted by atomic mass is 19.2. The number of hydrogen-bond acceptors (Lipinski definition) is 2. The largest absolute Gasteiger partial charge is 0.323 e. The van der Waals surface area contributed by atoms with Gasteiger partial charge in [0, 0.05) is 12.6 Å². The molecular formula is C10H14F2N2. The third-order valence-electron chi connectivity index (χ3n) is 1.93. The van der Waals surface area contributed by atoms with E-state index in [0.717, 1.165) is 12.1 Å². The Labute approximate surface area is 82.3 Å². The van der Waals surface area contributed by atoms with Crippen LogP contribution in [-0.4, -0.2) is 25.5 Å². The molecule has 0 amide bonds. The van der Waals surface area contributed by atoms with E-state index in [4.69, 9.17) is 5.73 Å². The Morgan fingerprint density at radius 2 is 1.93 bits per heavy atom. The van der Waals surface area contributed by atoms with E-state index < -0.39 is 11.6 Å². The number of likely N-dealkylation sites (N-methyl/N-ethyl adjacent to an activating group) is 1. The van der Waals surface area contributed by atoms with E-state index in [1.807, 2.05) is 19.0 Å². The molecule has 2 nitrogen and oxygen atoms in total. The van der Waals surface area contributed by atoms with Crippen molar-refractivity contribution in [2.24, 2.45) is 5.73 Å². The predicted octanol–water partition coefficient (Wildman–Crippen LogP) is 1.53. The van der Waals surface area contributed by atoms with Crippen molar-refractivity contribution in [3.8, 4) is 0 Å². The van der Waals surface area contributed by atoms with Crippen LogP contribution in [0.4, 0.5) is 8.78 Å². The van der Waals surface area contributed by atoms with Gasteiger partial charge in [-0.3, -0.25) is 0 Å². The van der Waals surface area contributed by atoms with Crippen molar-refractivity contribution in [3.05, 3.63) is 35.4 Å². The van der Waals surface area contributed by atoms with Gasteiger partial charge < -0.3 is 10.6 Å². The number of benzene rings is 1. The second kappa shape index (κ2) is 4.48. The highest BCUT2D eigenvalue weighted by Crippen LogP contribution is 2.14. The quantitative estimate of drug-likeness (QED) is 0.801. The van der Waals surface area contributed by atoms with Gasteiger partial charge in [0.2, 0.25) is 0 Å². The van der Waals surface area contributed by atoms with E-state index in [2.05, 4.69) is 0 Å². The van der Waals surface area contributed by atoms with Gasteiger partial charge in [0.15, 0.2) is 11.6 Å². The molecule has 1 atom stereocenters. The summed E-state index contributed by atoms with van der Waals surface area (Å²) in [5.74, 6) is -1.69. The summed E-state index contributed by atoms with van der Waals surface area (Å²) in [4.78, 5) is 1.89. The normalized spacial score (nSPS) is 13.3. The molecule has 0 saturated heterocycles. The van der Waals surface area contributed by atoms with Crippen LogP contribution in [0.1, 0.15) is 11.6 Å². The lowest BCUT2D eigenvalue weighted by Gasteiger charge is -2.17. The van der Waals surface area contributed by atoms with Crippen LogP contribution in [0.3, 0.4) is 0 Å². The minimum Gasteiger partial charge on any atom is -0.323 e. The van der Waals surface area contributed by atoms with Crippen molar-refractivity contribution in [2.75, 3.05) is 20.6 Å². The maximum absolute atomic E-state index is 12.8. The van der Waals surface area contributed by atoms with Crippen molar-refractivity contribution in [2.45, 2.75) is 6.04 Å². The minimum atomic E-state index is -0.850. The van der Waals surface area contributed by atoms with Gasteiger partial charge in [-0.25, -0.2) is 8.78 Å². The lowest BCUT2D eigenvalue weighted by atomic mass is 10.1. The maximum Gasteiger partial charge on any atom is 0.159 e. The molecule has 1 rings (SSSR count). The lowest BCUT2D eigenvalue weighted by molar-refractivity contribution is 0.375. The van der Waals surface area contributed by atoms with E-state index in [1.165, 1.54) is 6.07 Å². The molecule has 1 aromatic rings. The minimum absolute atomic E-state index is 0.292. The van der Waals surface area contributed by atoms with Gasteiger partial charge in [0.25, 0.3) is 0 Å². The van der Waals surface area contributed by atoms with Gasteiger partial charge in [0.05, 0.1) is 0 Å². The van der Waals surface area contributed by atoms with Crippen molar-refractivity contribution in [1.29, 1.82) is 0 Å². The van der Waals surface area contributed by atoms with Crippen molar-refractivity contribution in [3.63, 3.8) is 0 Å². The number of nitrogens with two attached hydrogens (primary N) is 1. The van der Waals surface area contributed by atoms with Gasteiger partial charge in [-0.1, -0.05) is 6.07 Å². The molecule has 2 N–H and O–H groups in total. The first-order valence-electron chi connectivity index (χ1n) is 4.36. The molecule has 4 heteroatoms. The zero-order chi connectivity index (χ0) is 10.7. The summed E-state index contributed by atoms with van der Waals surface area (Å²) in [5.41, 5.74) is 6.39. The number of rotatable bonds is 3. The van der Waals surface area contributed by atoms with Crippen LogP contribution < -0.4 is 5.73 Å². The Balaban J connectivity index is 2.80. The van der Waals surface area contributed by atoms with Gasteiger partial charge in [-0.2, -0.15) is 0 Å². The SMILES string of the molecule is CN(C)CC(N)c1ccc(F)c(F)c1. The molecule has 1 aromatic carbocycles. The molecule has 0 saturated carbocycles. The fourth-order valence-electron chi connectivity index (χ4n) is 1.24. The summed E-state index contributed by atoms with van der Waals surface area (Å²) in [6.07, 6.45) is 0. The number of hydrogen-bond donors (Lipinski definition) is 1. The Morgan fingerprint density at radius 3 is 2.43 bits per heavy atom. The van der Waals surface area contributed by atoms with Crippen molar-refractivity contribution < 1.29 is 8.78 Å². The molecule has 0 fully saturated rings. The highest BCUT2D eigenvalue weighted by Gasteiger charge is 2.09. The van der Waals surface area contributed by atoms with E-state index in [1.54, 1.807) is 0 Å². The second-order valence-electron chi connectivity index (χ2n) is 3.54. The first-order chi connectivity index (χ1) is 6.50. The summed E-state index contributed by atoms with van der Waals surface area (Å²) in [6, 6.07) is 3.45. The number of nitrogens with zero attached hydrogens (tertiary/aromatic N) is 1. The summed E-state index contributed by atoms with van der Waals surface area (Å²) < 4.78 is 25.4. The van der Waals surface area contributed by atoms with Crippen LogP contribution in [0.2, 0.25) is 0 Å². The molecule has 0 spiro atoms. The first-order valence-corrected chi connectivity index (χ1v) is 4.36. The zero-order valence-corrected chi connectivity index (χ0v) is 8.30. The van der Waals surface area contributed by atoms with Gasteiger partial charge in [-0.15, -0.1) is 0 Å². The third-order valence-corrected chi connectivity index (χ3v) is 1.93. The summed E-state index contributed by atoms with van der Waals surface area (Å²) >= 11 is 0. The second-order valence-corrected chi connectivity index (χ2v) is 3.54. The Morgan fingerprint density at radius 1 is 1.29 bits per heavy atom. The molecule has 78 valence electrons.